The molecule has 0 radical (unpaired) electrons. The fraction of sp³-hybridized carbons (Fsp3) is 0.200. The molecule has 3 aromatic carbocycles. The third-order valence-electron chi connectivity index (χ3n) is 5.75. The molecule has 0 bridgehead atoms. The molecule has 5 rings (SSSR count). The summed E-state index contributed by atoms with van der Waals surface area (Å²) in [6.45, 7) is 0. The van der Waals surface area contributed by atoms with Gasteiger partial charge in [0.05, 0.1) is 0 Å². The van der Waals surface area contributed by atoms with E-state index in [0.717, 1.165) is 12.8 Å². The zero-order valence-electron chi connectivity index (χ0n) is 14.5. The van der Waals surface area contributed by atoms with Gasteiger partial charge in [-0.25, -0.2) is 0 Å². The minimum Gasteiger partial charge on any atom is -0.0722 e. The first-order valence-corrected chi connectivity index (χ1v) is 9.36. The molecular formula is C25H22. The molecule has 0 saturated carbocycles. The molecule has 0 saturated heterocycles. The van der Waals surface area contributed by atoms with E-state index < -0.39 is 0 Å². The van der Waals surface area contributed by atoms with Crippen LogP contribution in [0.1, 0.15) is 29.5 Å². The quantitative estimate of drug-likeness (QED) is 0.668. The van der Waals surface area contributed by atoms with Crippen LogP contribution < -0.4 is 10.4 Å². The van der Waals surface area contributed by atoms with E-state index in [1.54, 1.807) is 16.7 Å². The molecule has 122 valence electrons. The molecule has 25 heavy (non-hydrogen) atoms. The van der Waals surface area contributed by atoms with Crippen molar-refractivity contribution in [1.82, 2.24) is 0 Å². The van der Waals surface area contributed by atoms with E-state index in [1.807, 2.05) is 0 Å². The van der Waals surface area contributed by atoms with Gasteiger partial charge >= 0.3 is 0 Å². The molecule has 0 heteroatoms. The molecule has 0 aliphatic heterocycles. The molecule has 0 aromatic heterocycles. The van der Waals surface area contributed by atoms with Crippen molar-refractivity contribution in [3.8, 4) is 0 Å². The van der Waals surface area contributed by atoms with Gasteiger partial charge in [0.2, 0.25) is 0 Å². The molecule has 0 N–H and O–H groups in total. The lowest BCUT2D eigenvalue weighted by Gasteiger charge is -2.20. The number of hydrogen-bond donors (Lipinski definition) is 0. The molecule has 0 heterocycles. The van der Waals surface area contributed by atoms with Crippen molar-refractivity contribution >= 4 is 11.6 Å². The normalized spacial score (nSPS) is 15.0. The lowest BCUT2D eigenvalue weighted by atomic mass is 9.84. The van der Waals surface area contributed by atoms with Gasteiger partial charge in [0.25, 0.3) is 0 Å². The van der Waals surface area contributed by atoms with Crippen LogP contribution in [0.4, 0.5) is 0 Å². The van der Waals surface area contributed by atoms with Crippen molar-refractivity contribution in [2.45, 2.75) is 32.1 Å². The highest BCUT2D eigenvalue weighted by molar-refractivity contribution is 5.56. The Kier molecular flexibility index (Phi) is 3.56. The zero-order chi connectivity index (χ0) is 16.6. The molecule has 2 aliphatic carbocycles. The molecule has 2 aliphatic rings. The number of rotatable bonds is 2. The average Bonchev–Trinajstić information content (AvgIpc) is 2.68. The van der Waals surface area contributed by atoms with E-state index in [0.29, 0.717) is 0 Å². The maximum Gasteiger partial charge on any atom is -0.00580 e. The van der Waals surface area contributed by atoms with E-state index in [9.17, 15) is 0 Å². The Hall–Kier alpha value is -2.60. The van der Waals surface area contributed by atoms with Crippen molar-refractivity contribution in [1.29, 1.82) is 0 Å². The van der Waals surface area contributed by atoms with Crippen molar-refractivity contribution in [3.05, 3.63) is 104 Å². The van der Waals surface area contributed by atoms with Crippen LogP contribution in [0.5, 0.6) is 0 Å². The van der Waals surface area contributed by atoms with Gasteiger partial charge in [0.15, 0.2) is 0 Å². The topological polar surface area (TPSA) is 0 Å². The predicted molar refractivity (Wildman–Crippen MR) is 104 cm³/mol. The van der Waals surface area contributed by atoms with Gasteiger partial charge in [0.1, 0.15) is 0 Å². The Bertz CT molecular complexity index is 1150. The van der Waals surface area contributed by atoms with Crippen molar-refractivity contribution in [2.24, 2.45) is 0 Å². The largest absolute Gasteiger partial charge is 0.0722 e. The molecule has 0 spiro atoms. The van der Waals surface area contributed by atoms with Crippen LogP contribution in [-0.4, -0.2) is 0 Å². The number of fused-ring (bicyclic) bond motifs is 4. The van der Waals surface area contributed by atoms with Gasteiger partial charge in [-0.3, -0.25) is 0 Å². The molecule has 0 amide bonds. The van der Waals surface area contributed by atoms with Gasteiger partial charge < -0.3 is 0 Å². The fourth-order valence-corrected chi connectivity index (χ4v) is 4.57. The maximum absolute atomic E-state index is 2.41. The lowest BCUT2D eigenvalue weighted by Crippen LogP contribution is -2.23. The molecule has 3 aromatic rings. The first-order valence-electron chi connectivity index (χ1n) is 9.36. The summed E-state index contributed by atoms with van der Waals surface area (Å²) in [6.07, 6.45) is 8.32. The van der Waals surface area contributed by atoms with E-state index >= 15 is 0 Å². The van der Waals surface area contributed by atoms with E-state index in [1.165, 1.54) is 45.7 Å². The van der Waals surface area contributed by atoms with Crippen molar-refractivity contribution in [3.63, 3.8) is 0 Å². The monoisotopic (exact) mass is 322 g/mol. The standard InChI is InChI=1S/C25H22/c1-2-7-18(8-3-1)17-20-10-6-12-23-22(20)15-16-24-21-11-5-4-9-19(21)13-14-25(23)24/h1-5,7-9,11,13,15-16H,6,10,12,14,17H2. The fourth-order valence-electron chi connectivity index (χ4n) is 4.57. The Morgan fingerprint density at radius 3 is 2.36 bits per heavy atom. The first-order chi connectivity index (χ1) is 12.4. The zero-order valence-corrected chi connectivity index (χ0v) is 14.5. The second kappa shape index (κ2) is 6.04. The molecule has 0 nitrogen and oxygen atoms in total. The predicted octanol–water partition coefficient (Wildman–Crippen LogP) is 4.04. The van der Waals surface area contributed by atoms with Crippen LogP contribution in [-0.2, 0) is 19.3 Å². The molecule has 0 unspecified atom stereocenters. The third kappa shape index (κ3) is 2.53. The summed E-state index contributed by atoms with van der Waals surface area (Å²) in [5.41, 5.74) is 6.23. The maximum atomic E-state index is 2.41. The van der Waals surface area contributed by atoms with Gasteiger partial charge in [0, 0.05) is 0 Å². The molecule has 0 fully saturated rings. The summed E-state index contributed by atoms with van der Waals surface area (Å²) >= 11 is 0. The van der Waals surface area contributed by atoms with Crippen LogP contribution in [0.3, 0.4) is 0 Å². The minimum absolute atomic E-state index is 1.08. The summed E-state index contributed by atoms with van der Waals surface area (Å²) < 4.78 is 0. The molecule has 0 atom stereocenters. The first kappa shape index (κ1) is 14.7. The van der Waals surface area contributed by atoms with Gasteiger partial charge in [-0.15, -0.1) is 0 Å². The highest BCUT2D eigenvalue weighted by Gasteiger charge is 2.15. The smallest absolute Gasteiger partial charge is 0.00580 e. The summed E-state index contributed by atoms with van der Waals surface area (Å²) in [7, 11) is 0. The summed E-state index contributed by atoms with van der Waals surface area (Å²) in [6, 6.07) is 24.5. The second-order valence-corrected chi connectivity index (χ2v) is 7.23. The third-order valence-corrected chi connectivity index (χ3v) is 5.75. The highest BCUT2D eigenvalue weighted by atomic mass is 14.2. The van der Waals surface area contributed by atoms with Gasteiger partial charge in [-0.2, -0.15) is 0 Å². The minimum atomic E-state index is 1.08. The highest BCUT2D eigenvalue weighted by Crippen LogP contribution is 2.23. The van der Waals surface area contributed by atoms with Gasteiger partial charge in [-0.1, -0.05) is 78.4 Å². The summed E-state index contributed by atoms with van der Waals surface area (Å²) in [5, 5.41) is 5.78. The van der Waals surface area contributed by atoms with Crippen LogP contribution in [0.25, 0.3) is 11.6 Å². The van der Waals surface area contributed by atoms with Crippen molar-refractivity contribution < 1.29 is 0 Å². The van der Waals surface area contributed by atoms with Gasteiger partial charge in [-0.05, 0) is 69.7 Å². The van der Waals surface area contributed by atoms with Crippen molar-refractivity contribution in [2.75, 3.05) is 0 Å². The Morgan fingerprint density at radius 2 is 1.44 bits per heavy atom. The Labute approximate surface area is 148 Å². The van der Waals surface area contributed by atoms with Crippen LogP contribution in [0.2, 0.25) is 0 Å². The number of hydrogen-bond acceptors (Lipinski definition) is 0. The number of benzene rings is 3. The molecular weight excluding hydrogens is 300 g/mol. The lowest BCUT2D eigenvalue weighted by molar-refractivity contribution is 0.795. The van der Waals surface area contributed by atoms with E-state index in [4.69, 9.17) is 0 Å². The SMILES string of the molecule is C1=c2ccccc2=c2ccc3c(c2C1)CCCC=3Cc1ccccc1. The Morgan fingerprint density at radius 1 is 0.640 bits per heavy atom. The summed E-state index contributed by atoms with van der Waals surface area (Å²) in [5.74, 6) is 0. The van der Waals surface area contributed by atoms with Crippen LogP contribution >= 0.6 is 0 Å². The van der Waals surface area contributed by atoms with Crippen LogP contribution in [0, 0.1) is 10.4 Å². The Balaban J connectivity index is 1.76. The van der Waals surface area contributed by atoms with Crippen LogP contribution in [0.15, 0.2) is 66.7 Å². The summed E-state index contributed by atoms with van der Waals surface area (Å²) in [4.78, 5) is 0. The second-order valence-electron chi connectivity index (χ2n) is 7.23. The van der Waals surface area contributed by atoms with E-state index in [2.05, 4.69) is 72.8 Å². The average molecular weight is 322 g/mol. The van der Waals surface area contributed by atoms with E-state index in [-0.39, 0.29) is 0 Å².